The molecule has 0 unspecified atom stereocenters. The lowest BCUT2D eigenvalue weighted by Crippen LogP contribution is -2.37. The van der Waals surface area contributed by atoms with Crippen LogP contribution in [0.1, 0.15) is 22.1 Å². The van der Waals surface area contributed by atoms with E-state index in [2.05, 4.69) is 9.72 Å². The highest BCUT2D eigenvalue weighted by molar-refractivity contribution is 5.95. The van der Waals surface area contributed by atoms with Gasteiger partial charge in [-0.3, -0.25) is 9.78 Å². The van der Waals surface area contributed by atoms with Crippen LogP contribution in [0.3, 0.4) is 0 Å². The SMILES string of the molecule is COC(=O)[C@H](c1cc(F)ccc1F)N(C)C(=O)c1ccccn1. The molecular formula is C16H14F2N2O3. The van der Waals surface area contributed by atoms with Crippen LogP contribution in [0, 0.1) is 11.6 Å². The summed E-state index contributed by atoms with van der Waals surface area (Å²) in [6.45, 7) is 0. The fraction of sp³-hybridized carbons (Fsp3) is 0.188. The largest absolute Gasteiger partial charge is 0.467 e. The molecule has 0 saturated carbocycles. The van der Waals surface area contributed by atoms with Crippen molar-refractivity contribution in [3.05, 3.63) is 65.5 Å². The quantitative estimate of drug-likeness (QED) is 0.811. The van der Waals surface area contributed by atoms with Crippen molar-refractivity contribution < 1.29 is 23.1 Å². The lowest BCUT2D eigenvalue weighted by Gasteiger charge is -2.26. The second-order valence-electron chi connectivity index (χ2n) is 4.72. The van der Waals surface area contributed by atoms with Crippen molar-refractivity contribution in [2.75, 3.05) is 14.2 Å². The molecule has 1 amide bonds. The zero-order valence-electron chi connectivity index (χ0n) is 12.5. The summed E-state index contributed by atoms with van der Waals surface area (Å²) in [5, 5.41) is 0. The Labute approximate surface area is 131 Å². The Balaban J connectivity index is 2.45. The lowest BCUT2D eigenvalue weighted by molar-refractivity contribution is -0.146. The molecule has 7 heteroatoms. The van der Waals surface area contributed by atoms with E-state index >= 15 is 0 Å². The summed E-state index contributed by atoms with van der Waals surface area (Å²) in [7, 11) is 2.40. The molecule has 0 fully saturated rings. The molecule has 0 aliphatic heterocycles. The highest BCUT2D eigenvalue weighted by Gasteiger charge is 2.33. The predicted octanol–water partition coefficient (Wildman–Crippen LogP) is 2.35. The van der Waals surface area contributed by atoms with Gasteiger partial charge >= 0.3 is 5.97 Å². The van der Waals surface area contributed by atoms with Gasteiger partial charge in [-0.15, -0.1) is 0 Å². The van der Waals surface area contributed by atoms with Crippen LogP contribution in [0.15, 0.2) is 42.6 Å². The van der Waals surface area contributed by atoms with Crippen molar-refractivity contribution in [1.29, 1.82) is 0 Å². The predicted molar refractivity (Wildman–Crippen MR) is 77.4 cm³/mol. The zero-order chi connectivity index (χ0) is 17.0. The van der Waals surface area contributed by atoms with Crippen molar-refractivity contribution in [3.8, 4) is 0 Å². The summed E-state index contributed by atoms with van der Waals surface area (Å²) < 4.78 is 32.1. The van der Waals surface area contributed by atoms with Gasteiger partial charge in [0.15, 0.2) is 6.04 Å². The summed E-state index contributed by atoms with van der Waals surface area (Å²) in [5.41, 5.74) is -0.218. The standard InChI is InChI=1S/C16H14F2N2O3/c1-20(15(21)13-5-3-4-8-19-13)14(16(22)23-2)11-9-10(17)6-7-12(11)18/h3-9,14H,1-2H3/t14-/m0/s1. The molecule has 5 nitrogen and oxygen atoms in total. The Morgan fingerprint density at radius 2 is 1.96 bits per heavy atom. The number of amides is 1. The molecule has 0 bridgehead atoms. The minimum absolute atomic E-state index is 0.0701. The molecule has 1 aromatic carbocycles. The van der Waals surface area contributed by atoms with E-state index < -0.39 is 29.6 Å². The topological polar surface area (TPSA) is 59.5 Å². The van der Waals surface area contributed by atoms with Gasteiger partial charge in [-0.05, 0) is 30.3 Å². The monoisotopic (exact) mass is 320 g/mol. The zero-order valence-corrected chi connectivity index (χ0v) is 12.5. The van der Waals surface area contributed by atoms with E-state index in [-0.39, 0.29) is 11.3 Å². The first-order valence-corrected chi connectivity index (χ1v) is 6.66. The fourth-order valence-corrected chi connectivity index (χ4v) is 2.12. The van der Waals surface area contributed by atoms with Crippen LogP contribution in [-0.4, -0.2) is 35.9 Å². The molecule has 0 N–H and O–H groups in total. The van der Waals surface area contributed by atoms with Gasteiger partial charge in [-0.2, -0.15) is 0 Å². The number of carbonyl (C=O) groups excluding carboxylic acids is 2. The Hall–Kier alpha value is -2.83. The molecule has 0 aliphatic rings. The van der Waals surface area contributed by atoms with Crippen LogP contribution in [0.2, 0.25) is 0 Å². The maximum atomic E-state index is 14.0. The molecule has 0 aliphatic carbocycles. The first-order valence-electron chi connectivity index (χ1n) is 6.66. The minimum atomic E-state index is -1.43. The Bertz CT molecular complexity index is 723. The van der Waals surface area contributed by atoms with Crippen LogP contribution in [0.25, 0.3) is 0 Å². The van der Waals surface area contributed by atoms with Gasteiger partial charge < -0.3 is 9.64 Å². The molecule has 1 atom stereocenters. The third-order valence-corrected chi connectivity index (χ3v) is 3.27. The molecule has 2 rings (SSSR count). The summed E-state index contributed by atoms with van der Waals surface area (Å²) in [5.74, 6) is -3.05. The Morgan fingerprint density at radius 3 is 2.57 bits per heavy atom. The van der Waals surface area contributed by atoms with Gasteiger partial charge in [0.25, 0.3) is 5.91 Å². The third kappa shape index (κ3) is 3.50. The second kappa shape index (κ2) is 6.95. The number of halogens is 2. The Kier molecular flexibility index (Phi) is 5.00. The van der Waals surface area contributed by atoms with Crippen LogP contribution in [-0.2, 0) is 9.53 Å². The lowest BCUT2D eigenvalue weighted by atomic mass is 10.0. The highest BCUT2D eigenvalue weighted by atomic mass is 19.1. The molecule has 0 saturated heterocycles. The second-order valence-corrected chi connectivity index (χ2v) is 4.72. The van der Waals surface area contributed by atoms with Gasteiger partial charge in [-0.25, -0.2) is 13.6 Å². The number of nitrogens with zero attached hydrogens (tertiary/aromatic N) is 2. The number of likely N-dealkylation sites (N-methyl/N-ethyl adjacent to an activating group) is 1. The first-order chi connectivity index (χ1) is 11.0. The summed E-state index contributed by atoms with van der Waals surface area (Å²) in [4.78, 5) is 29.3. The highest BCUT2D eigenvalue weighted by Crippen LogP contribution is 2.25. The number of methoxy groups -OCH3 is 1. The van der Waals surface area contributed by atoms with E-state index in [1.807, 2.05) is 0 Å². The average molecular weight is 320 g/mol. The molecule has 0 radical (unpaired) electrons. The molecule has 1 heterocycles. The average Bonchev–Trinajstić information content (AvgIpc) is 2.57. The minimum Gasteiger partial charge on any atom is -0.467 e. The number of aromatic nitrogens is 1. The maximum absolute atomic E-state index is 14.0. The number of benzene rings is 1. The summed E-state index contributed by atoms with van der Waals surface area (Å²) in [6.07, 6.45) is 1.41. The van der Waals surface area contributed by atoms with Crippen molar-refractivity contribution in [1.82, 2.24) is 9.88 Å². The van der Waals surface area contributed by atoms with Crippen molar-refractivity contribution in [3.63, 3.8) is 0 Å². The van der Waals surface area contributed by atoms with Gasteiger partial charge in [-0.1, -0.05) is 6.07 Å². The molecule has 0 spiro atoms. The molecule has 23 heavy (non-hydrogen) atoms. The first kappa shape index (κ1) is 16.5. The van der Waals surface area contributed by atoms with E-state index in [9.17, 15) is 18.4 Å². The van der Waals surface area contributed by atoms with Crippen LogP contribution in [0.4, 0.5) is 8.78 Å². The smallest absolute Gasteiger partial charge is 0.333 e. The Morgan fingerprint density at radius 1 is 1.22 bits per heavy atom. The molecule has 2 aromatic rings. The van der Waals surface area contributed by atoms with Gasteiger partial charge in [0, 0.05) is 18.8 Å². The molecule has 120 valence electrons. The van der Waals surface area contributed by atoms with E-state index in [4.69, 9.17) is 0 Å². The number of esters is 1. The van der Waals surface area contributed by atoms with Crippen LogP contribution in [0.5, 0.6) is 0 Å². The summed E-state index contributed by atoms with van der Waals surface area (Å²) in [6, 6.07) is 5.93. The van der Waals surface area contributed by atoms with E-state index in [1.165, 1.54) is 19.3 Å². The van der Waals surface area contributed by atoms with Crippen LogP contribution >= 0.6 is 0 Å². The van der Waals surface area contributed by atoms with E-state index in [0.717, 1.165) is 30.2 Å². The van der Waals surface area contributed by atoms with Gasteiger partial charge in [0.1, 0.15) is 17.3 Å². The third-order valence-electron chi connectivity index (χ3n) is 3.27. The normalized spacial score (nSPS) is 11.7. The summed E-state index contributed by atoms with van der Waals surface area (Å²) >= 11 is 0. The van der Waals surface area contributed by atoms with E-state index in [1.54, 1.807) is 12.1 Å². The van der Waals surface area contributed by atoms with Gasteiger partial charge in [0.2, 0.25) is 0 Å². The number of ether oxygens (including phenoxy) is 1. The number of carbonyl (C=O) groups is 2. The van der Waals surface area contributed by atoms with Crippen LogP contribution < -0.4 is 0 Å². The fourth-order valence-electron chi connectivity index (χ4n) is 2.12. The number of rotatable bonds is 4. The number of hydrogen-bond acceptors (Lipinski definition) is 4. The van der Waals surface area contributed by atoms with Crippen molar-refractivity contribution >= 4 is 11.9 Å². The maximum Gasteiger partial charge on any atom is 0.333 e. The van der Waals surface area contributed by atoms with Crippen molar-refractivity contribution in [2.24, 2.45) is 0 Å². The number of pyridine rings is 1. The van der Waals surface area contributed by atoms with Crippen molar-refractivity contribution in [2.45, 2.75) is 6.04 Å². The van der Waals surface area contributed by atoms with Gasteiger partial charge in [0.05, 0.1) is 7.11 Å². The number of hydrogen-bond donors (Lipinski definition) is 0. The van der Waals surface area contributed by atoms with E-state index in [0.29, 0.717) is 0 Å². The molecule has 1 aromatic heterocycles. The molecular weight excluding hydrogens is 306 g/mol.